The van der Waals surface area contributed by atoms with Gasteiger partial charge in [0, 0.05) is 11.6 Å². The molecule has 2 heterocycles. The number of esters is 1. The smallest absolute Gasteiger partial charge is 0.419 e. The second-order valence-corrected chi connectivity index (χ2v) is 5.85. The molecule has 0 bridgehead atoms. The number of hydrogen-bond donors (Lipinski definition) is 1. The van der Waals surface area contributed by atoms with Crippen LogP contribution in [0.15, 0.2) is 44.3 Å². The number of hydrogen-bond acceptors (Lipinski definition) is 4. The van der Waals surface area contributed by atoms with E-state index in [1.807, 2.05) is 25.1 Å². The molecule has 0 saturated carbocycles. The van der Waals surface area contributed by atoms with E-state index >= 15 is 0 Å². The fourth-order valence-corrected chi connectivity index (χ4v) is 3.20. The number of aromatic amines is 1. The number of carbonyl (C=O) groups is 1. The van der Waals surface area contributed by atoms with Crippen molar-refractivity contribution in [1.82, 2.24) is 9.55 Å². The minimum atomic E-state index is -0.425. The predicted molar refractivity (Wildman–Crippen MR) is 88.7 cm³/mol. The van der Waals surface area contributed by atoms with Gasteiger partial charge in [0.2, 0.25) is 0 Å². The maximum Gasteiger partial charge on any atom is 0.419 e. The lowest BCUT2D eigenvalue weighted by atomic mass is 10.1. The Morgan fingerprint density at radius 3 is 2.91 bits per heavy atom. The Labute approximate surface area is 140 Å². The number of oxazole rings is 1. The summed E-state index contributed by atoms with van der Waals surface area (Å²) in [6, 6.07) is 5.44. The van der Waals surface area contributed by atoms with Crippen LogP contribution in [0.2, 0.25) is 0 Å². The summed E-state index contributed by atoms with van der Waals surface area (Å²) in [6.07, 6.45) is 2.95. The molecule has 0 amide bonds. The highest BCUT2D eigenvalue weighted by Gasteiger charge is 2.21. The van der Waals surface area contributed by atoms with Crippen molar-refractivity contribution in [1.29, 1.82) is 0 Å². The topological polar surface area (TPSA) is 77.2 Å². The molecule has 120 valence electrons. The third kappa shape index (κ3) is 2.61. The van der Waals surface area contributed by atoms with E-state index in [-0.39, 0.29) is 6.04 Å². The van der Waals surface area contributed by atoms with Crippen molar-refractivity contribution >= 4 is 32.8 Å². The summed E-state index contributed by atoms with van der Waals surface area (Å²) >= 11 is 3.45. The van der Waals surface area contributed by atoms with Crippen molar-refractivity contribution in [2.75, 3.05) is 6.61 Å². The lowest BCUT2D eigenvalue weighted by molar-refractivity contribution is 0.0519. The second-order valence-electron chi connectivity index (χ2n) is 5.06. The van der Waals surface area contributed by atoms with Crippen molar-refractivity contribution in [3.63, 3.8) is 0 Å². The van der Waals surface area contributed by atoms with E-state index in [1.165, 1.54) is 10.8 Å². The summed E-state index contributed by atoms with van der Waals surface area (Å²) < 4.78 is 12.0. The third-order valence-electron chi connectivity index (χ3n) is 3.75. The average molecular weight is 379 g/mol. The first-order valence-electron chi connectivity index (χ1n) is 7.17. The normalized spacial score (nSPS) is 12.5. The average Bonchev–Trinajstić information content (AvgIpc) is 3.11. The Hall–Kier alpha value is -2.28. The number of nitrogens with one attached hydrogen (secondary N) is 1. The van der Waals surface area contributed by atoms with Gasteiger partial charge in [-0.1, -0.05) is 18.2 Å². The molecular formula is C16H15BrN2O4. The number of aromatic nitrogens is 2. The van der Waals surface area contributed by atoms with E-state index in [9.17, 15) is 9.59 Å². The molecule has 1 atom stereocenters. The maximum atomic E-state index is 12.0. The fraction of sp³-hybridized carbons (Fsp3) is 0.250. The van der Waals surface area contributed by atoms with Crippen LogP contribution in [0.25, 0.3) is 10.9 Å². The quantitative estimate of drug-likeness (QED) is 0.705. The first-order valence-corrected chi connectivity index (χ1v) is 7.96. The number of nitrogens with zero attached hydrogens (tertiary/aromatic N) is 1. The van der Waals surface area contributed by atoms with Crippen LogP contribution in [-0.4, -0.2) is 22.1 Å². The van der Waals surface area contributed by atoms with Crippen molar-refractivity contribution < 1.29 is 13.9 Å². The Bertz CT molecular complexity index is 922. The van der Waals surface area contributed by atoms with Crippen molar-refractivity contribution in [3.8, 4) is 0 Å². The van der Waals surface area contributed by atoms with Crippen LogP contribution in [0, 0.1) is 0 Å². The van der Waals surface area contributed by atoms with E-state index < -0.39 is 11.7 Å². The zero-order chi connectivity index (χ0) is 16.6. The molecule has 2 aromatic heterocycles. The van der Waals surface area contributed by atoms with Gasteiger partial charge in [0.05, 0.1) is 22.6 Å². The van der Waals surface area contributed by atoms with Crippen molar-refractivity contribution in [3.05, 3.63) is 56.9 Å². The van der Waals surface area contributed by atoms with Crippen molar-refractivity contribution in [2.45, 2.75) is 19.9 Å². The van der Waals surface area contributed by atoms with Crippen LogP contribution in [-0.2, 0) is 4.74 Å². The Morgan fingerprint density at radius 2 is 2.26 bits per heavy atom. The number of H-pyrrole nitrogens is 1. The molecule has 0 fully saturated rings. The number of ether oxygens (including phenoxy) is 1. The van der Waals surface area contributed by atoms with Gasteiger partial charge in [-0.15, -0.1) is 0 Å². The van der Waals surface area contributed by atoms with Gasteiger partial charge in [-0.2, -0.15) is 0 Å². The molecule has 0 aliphatic rings. The highest BCUT2D eigenvalue weighted by Crippen LogP contribution is 2.33. The molecule has 3 rings (SSSR count). The summed E-state index contributed by atoms with van der Waals surface area (Å²) in [5.74, 6) is -0.847. The third-order valence-corrected chi connectivity index (χ3v) is 4.57. The Morgan fingerprint density at radius 1 is 1.48 bits per heavy atom. The summed E-state index contributed by atoms with van der Waals surface area (Å²) in [6.45, 7) is 3.95. The minimum Gasteiger partial charge on any atom is -0.461 e. The highest BCUT2D eigenvalue weighted by molar-refractivity contribution is 9.10. The number of halogens is 1. The molecule has 7 heteroatoms. The minimum absolute atomic E-state index is 0.245. The molecule has 0 spiro atoms. The number of para-hydroxylation sites is 1. The molecule has 0 aliphatic carbocycles. The van der Waals surface area contributed by atoms with Gasteiger partial charge >= 0.3 is 11.7 Å². The number of benzene rings is 1. The lowest BCUT2D eigenvalue weighted by Crippen LogP contribution is -2.18. The van der Waals surface area contributed by atoms with E-state index in [2.05, 4.69) is 20.9 Å². The molecule has 0 radical (unpaired) electrons. The van der Waals surface area contributed by atoms with E-state index in [1.54, 1.807) is 13.1 Å². The van der Waals surface area contributed by atoms with Gasteiger partial charge in [-0.3, -0.25) is 4.57 Å². The van der Waals surface area contributed by atoms with Crippen LogP contribution >= 0.6 is 15.9 Å². The van der Waals surface area contributed by atoms with Gasteiger partial charge in [-0.05, 0) is 35.3 Å². The molecule has 1 aromatic carbocycles. The molecule has 0 saturated heterocycles. The molecule has 3 aromatic rings. The van der Waals surface area contributed by atoms with Crippen LogP contribution in [0.3, 0.4) is 0 Å². The van der Waals surface area contributed by atoms with Gasteiger partial charge in [0.15, 0.2) is 0 Å². The standard InChI is InChI=1S/C16H15BrN2O4/c1-3-22-15(20)14-12(17)11-6-4-5-10(13(11)18-14)9(2)19-7-8-23-16(19)21/h4-9,18H,3H2,1-2H3/t9-/m0/s1. The van der Waals surface area contributed by atoms with Gasteiger partial charge in [0.1, 0.15) is 12.0 Å². The highest BCUT2D eigenvalue weighted by atomic mass is 79.9. The second kappa shape index (κ2) is 6.08. The van der Waals surface area contributed by atoms with Gasteiger partial charge in [0.25, 0.3) is 0 Å². The van der Waals surface area contributed by atoms with E-state index in [4.69, 9.17) is 9.15 Å². The van der Waals surface area contributed by atoms with Crippen LogP contribution < -0.4 is 5.76 Å². The van der Waals surface area contributed by atoms with Crippen LogP contribution in [0.4, 0.5) is 0 Å². The number of rotatable bonds is 4. The first-order chi connectivity index (χ1) is 11.0. The monoisotopic (exact) mass is 378 g/mol. The molecule has 6 nitrogen and oxygen atoms in total. The molecule has 0 unspecified atom stereocenters. The fourth-order valence-electron chi connectivity index (χ4n) is 2.61. The summed E-state index contributed by atoms with van der Waals surface area (Å²) in [5, 5.41) is 0.856. The lowest BCUT2D eigenvalue weighted by Gasteiger charge is -2.13. The van der Waals surface area contributed by atoms with Crippen LogP contribution in [0.1, 0.15) is 35.9 Å². The molecule has 0 aliphatic heterocycles. The largest absolute Gasteiger partial charge is 0.461 e. The van der Waals surface area contributed by atoms with E-state index in [0.717, 1.165) is 16.5 Å². The maximum absolute atomic E-state index is 12.0. The van der Waals surface area contributed by atoms with E-state index in [0.29, 0.717) is 16.8 Å². The van der Waals surface area contributed by atoms with Gasteiger partial charge in [-0.25, -0.2) is 9.59 Å². The summed E-state index contributed by atoms with van der Waals surface area (Å²) in [5.41, 5.74) is 2.02. The zero-order valence-electron chi connectivity index (χ0n) is 12.6. The van der Waals surface area contributed by atoms with Crippen LogP contribution in [0.5, 0.6) is 0 Å². The SMILES string of the molecule is CCOC(=O)c1[nH]c2c([C@H](C)n3ccoc3=O)cccc2c1Br. The molecule has 1 N–H and O–H groups in total. The Balaban J connectivity index is 2.16. The summed E-state index contributed by atoms with van der Waals surface area (Å²) in [7, 11) is 0. The first kappa shape index (κ1) is 15.6. The molecular weight excluding hydrogens is 364 g/mol. The number of carbonyl (C=O) groups excluding carboxylic acids is 1. The van der Waals surface area contributed by atoms with Gasteiger partial charge < -0.3 is 14.1 Å². The van der Waals surface area contributed by atoms with Crippen molar-refractivity contribution in [2.24, 2.45) is 0 Å². The zero-order valence-corrected chi connectivity index (χ0v) is 14.2. The number of fused-ring (bicyclic) bond motifs is 1. The molecule has 23 heavy (non-hydrogen) atoms. The Kier molecular flexibility index (Phi) is 4.12. The summed E-state index contributed by atoms with van der Waals surface area (Å²) in [4.78, 5) is 26.9. The predicted octanol–water partition coefficient (Wildman–Crippen LogP) is 3.47.